The molecular formula is C31H32Cl2N4O6S. The van der Waals surface area contributed by atoms with Gasteiger partial charge in [0.05, 0.1) is 23.9 Å². The molecule has 5 rings (SSSR count). The van der Waals surface area contributed by atoms with Crippen LogP contribution in [0.15, 0.2) is 83.9 Å². The predicted octanol–water partition coefficient (Wildman–Crippen LogP) is 5.37. The van der Waals surface area contributed by atoms with E-state index in [-0.39, 0.29) is 57.0 Å². The molecule has 0 saturated carbocycles. The Morgan fingerprint density at radius 3 is 2.48 bits per heavy atom. The first-order valence-corrected chi connectivity index (χ1v) is 15.6. The summed E-state index contributed by atoms with van der Waals surface area (Å²) >= 11 is 6.42. The molecule has 0 spiro atoms. The van der Waals surface area contributed by atoms with Gasteiger partial charge in [0.15, 0.2) is 0 Å². The van der Waals surface area contributed by atoms with Crippen molar-refractivity contribution in [2.24, 2.45) is 0 Å². The number of para-hydroxylation sites is 2. The number of carbonyl (C=O) groups excluding carboxylic acids is 2. The smallest absolute Gasteiger partial charge is 0.408 e. The van der Waals surface area contributed by atoms with Crippen LogP contribution in [0.4, 0.5) is 10.5 Å². The van der Waals surface area contributed by atoms with E-state index in [4.69, 9.17) is 21.1 Å². The van der Waals surface area contributed by atoms with E-state index in [1.807, 2.05) is 13.8 Å². The van der Waals surface area contributed by atoms with E-state index < -0.39 is 27.6 Å². The second-order valence-corrected chi connectivity index (χ2v) is 12.0. The molecule has 1 atom stereocenters. The highest BCUT2D eigenvalue weighted by Crippen LogP contribution is 2.52. The standard InChI is InChI=1S/C31H31ClN4O6S.ClH/c1-4-35(5-2)19-18-34-30(38)42-31(23-12-6-7-13-26(23)41-3)24-20-22(32)15-16-25(24)36(29(31)37)43(39,40)27-14-8-10-21-11-9-17-33-28(21)27;/h6-17,20H,4-5,18-19H2,1-3H3,(H,34,38);1H. The number of ether oxygens (including phenoxy) is 2. The van der Waals surface area contributed by atoms with Crippen molar-refractivity contribution in [1.29, 1.82) is 0 Å². The van der Waals surface area contributed by atoms with Crippen LogP contribution >= 0.6 is 24.0 Å². The Labute approximate surface area is 267 Å². The molecule has 0 bridgehead atoms. The van der Waals surface area contributed by atoms with E-state index in [2.05, 4.69) is 15.2 Å². The van der Waals surface area contributed by atoms with Crippen molar-refractivity contribution in [3.8, 4) is 5.75 Å². The van der Waals surface area contributed by atoms with Gasteiger partial charge in [-0.2, -0.15) is 4.31 Å². The van der Waals surface area contributed by atoms with Crippen molar-refractivity contribution in [1.82, 2.24) is 15.2 Å². The monoisotopic (exact) mass is 658 g/mol. The van der Waals surface area contributed by atoms with Crippen LogP contribution in [0.3, 0.4) is 0 Å². The van der Waals surface area contributed by atoms with Gasteiger partial charge in [0.2, 0.25) is 5.60 Å². The summed E-state index contributed by atoms with van der Waals surface area (Å²) in [5, 5.41) is 3.50. The van der Waals surface area contributed by atoms with Crippen LogP contribution < -0.4 is 14.4 Å². The highest BCUT2D eigenvalue weighted by atomic mass is 35.5. The summed E-state index contributed by atoms with van der Waals surface area (Å²) in [5.41, 5.74) is -1.86. The van der Waals surface area contributed by atoms with Crippen LogP contribution in [0.2, 0.25) is 5.02 Å². The van der Waals surface area contributed by atoms with Crippen LogP contribution in [0.5, 0.6) is 5.75 Å². The highest BCUT2D eigenvalue weighted by Gasteiger charge is 2.60. The fraction of sp³-hybridized carbons (Fsp3) is 0.258. The Balaban J connectivity index is 0.00000442. The summed E-state index contributed by atoms with van der Waals surface area (Å²) < 4.78 is 41.1. The number of nitrogens with zero attached hydrogens (tertiary/aromatic N) is 3. The average molecular weight is 660 g/mol. The first-order chi connectivity index (χ1) is 20.7. The molecule has 1 aliphatic rings. The Hall–Kier alpha value is -3.90. The number of pyridine rings is 1. The van der Waals surface area contributed by atoms with Crippen LogP contribution in [-0.4, -0.2) is 63.6 Å². The third-order valence-corrected chi connectivity index (χ3v) is 9.44. The lowest BCUT2D eigenvalue weighted by Crippen LogP contribution is -2.48. The molecule has 0 fully saturated rings. The number of rotatable bonds is 10. The summed E-state index contributed by atoms with van der Waals surface area (Å²) in [6.07, 6.45) is 0.564. The van der Waals surface area contributed by atoms with Crippen molar-refractivity contribution in [3.05, 3.63) is 95.1 Å². The zero-order valence-corrected chi connectivity index (χ0v) is 26.7. The van der Waals surface area contributed by atoms with Gasteiger partial charge in [0.25, 0.3) is 15.9 Å². The lowest BCUT2D eigenvalue weighted by atomic mass is 9.86. The summed E-state index contributed by atoms with van der Waals surface area (Å²) in [5.74, 6) is -0.815. The first-order valence-electron chi connectivity index (χ1n) is 13.7. The Morgan fingerprint density at radius 2 is 1.75 bits per heavy atom. The molecule has 44 heavy (non-hydrogen) atoms. The van der Waals surface area contributed by atoms with Crippen molar-refractivity contribution in [3.63, 3.8) is 0 Å². The maximum absolute atomic E-state index is 14.7. The number of likely N-dealkylation sites (N-methyl/N-ethyl adjacent to an activating group) is 1. The number of hydrogen-bond acceptors (Lipinski definition) is 8. The van der Waals surface area contributed by atoms with Crippen LogP contribution in [-0.2, 0) is 25.2 Å². The summed E-state index contributed by atoms with van der Waals surface area (Å²) in [6.45, 7) is 6.39. The van der Waals surface area contributed by atoms with Gasteiger partial charge in [-0.3, -0.25) is 9.78 Å². The number of aromatic nitrogens is 1. The molecule has 1 aliphatic heterocycles. The molecule has 1 unspecified atom stereocenters. The van der Waals surface area contributed by atoms with Crippen LogP contribution in [0.25, 0.3) is 10.9 Å². The first kappa shape index (κ1) is 33.0. The Morgan fingerprint density at radius 1 is 1.02 bits per heavy atom. The summed E-state index contributed by atoms with van der Waals surface area (Å²) in [7, 11) is -3.18. The molecule has 232 valence electrons. The molecule has 0 radical (unpaired) electrons. The number of benzene rings is 3. The molecule has 4 aromatic rings. The minimum atomic E-state index is -4.59. The number of amides is 2. The largest absolute Gasteiger partial charge is 0.496 e. The number of anilines is 1. The van der Waals surface area contributed by atoms with Gasteiger partial charge in [-0.05, 0) is 49.5 Å². The summed E-state index contributed by atoms with van der Waals surface area (Å²) in [6, 6.07) is 18.9. The van der Waals surface area contributed by atoms with Crippen molar-refractivity contribution in [2.75, 3.05) is 37.6 Å². The molecule has 1 aromatic heterocycles. The van der Waals surface area contributed by atoms with Gasteiger partial charge in [-0.15, -0.1) is 12.4 Å². The topological polar surface area (TPSA) is 118 Å². The average Bonchev–Trinajstić information content (AvgIpc) is 3.26. The van der Waals surface area contributed by atoms with Gasteiger partial charge >= 0.3 is 6.09 Å². The quantitative estimate of drug-likeness (QED) is 0.242. The second-order valence-electron chi connectivity index (χ2n) is 9.79. The van der Waals surface area contributed by atoms with E-state index in [0.29, 0.717) is 16.2 Å². The van der Waals surface area contributed by atoms with Crippen molar-refractivity contribution >= 4 is 62.6 Å². The SMILES string of the molecule is CCN(CC)CCNC(=O)OC1(c2ccccc2OC)C(=O)N(S(=O)(=O)c2cccc3cccnc23)c2ccc(Cl)cc21.Cl. The van der Waals surface area contributed by atoms with Crippen molar-refractivity contribution in [2.45, 2.75) is 24.3 Å². The third kappa shape index (κ3) is 5.68. The number of halogens is 2. The predicted molar refractivity (Wildman–Crippen MR) is 171 cm³/mol. The van der Waals surface area contributed by atoms with E-state index in [1.54, 1.807) is 48.5 Å². The molecule has 2 amide bonds. The highest BCUT2D eigenvalue weighted by molar-refractivity contribution is 7.93. The molecule has 3 aromatic carbocycles. The minimum Gasteiger partial charge on any atom is -0.496 e. The van der Waals surface area contributed by atoms with Crippen LogP contribution in [0.1, 0.15) is 25.0 Å². The van der Waals surface area contributed by atoms with Gasteiger partial charge in [0.1, 0.15) is 10.6 Å². The molecule has 2 heterocycles. The maximum atomic E-state index is 14.7. The van der Waals surface area contributed by atoms with Gasteiger partial charge < -0.3 is 19.7 Å². The van der Waals surface area contributed by atoms with Gasteiger partial charge in [-0.25, -0.2) is 13.2 Å². The lowest BCUT2D eigenvalue weighted by molar-refractivity contribution is -0.131. The Bertz CT molecular complexity index is 1800. The Kier molecular flexibility index (Phi) is 10.0. The summed E-state index contributed by atoms with van der Waals surface area (Å²) in [4.78, 5) is 34.4. The maximum Gasteiger partial charge on any atom is 0.408 e. The number of hydrogen-bond donors (Lipinski definition) is 1. The lowest BCUT2D eigenvalue weighted by Gasteiger charge is -2.30. The number of fused-ring (bicyclic) bond motifs is 2. The fourth-order valence-electron chi connectivity index (χ4n) is 5.34. The number of alkyl carbamates (subject to hydrolysis) is 1. The number of sulfonamides is 1. The number of nitrogens with one attached hydrogen (secondary N) is 1. The molecule has 0 aliphatic carbocycles. The zero-order chi connectivity index (χ0) is 30.8. The minimum absolute atomic E-state index is 0. The molecule has 10 nitrogen and oxygen atoms in total. The zero-order valence-electron chi connectivity index (χ0n) is 24.3. The fourth-order valence-corrected chi connectivity index (χ4v) is 7.14. The van der Waals surface area contributed by atoms with Crippen molar-refractivity contribution < 1.29 is 27.5 Å². The molecule has 1 N–H and O–H groups in total. The van der Waals surface area contributed by atoms with E-state index in [0.717, 1.165) is 13.1 Å². The van der Waals surface area contributed by atoms with Crippen LogP contribution in [0, 0.1) is 0 Å². The van der Waals surface area contributed by atoms with E-state index in [9.17, 15) is 18.0 Å². The number of carbonyl (C=O) groups is 2. The second kappa shape index (κ2) is 13.4. The van der Waals surface area contributed by atoms with E-state index in [1.165, 1.54) is 37.6 Å². The van der Waals surface area contributed by atoms with E-state index >= 15 is 0 Å². The number of methoxy groups -OCH3 is 1. The van der Waals surface area contributed by atoms with Gasteiger partial charge in [-0.1, -0.05) is 61.8 Å². The van der Waals surface area contributed by atoms with Gasteiger partial charge in [0, 0.05) is 35.3 Å². The normalized spacial score (nSPS) is 16.0. The molecule has 0 saturated heterocycles. The molecular weight excluding hydrogens is 627 g/mol. The molecule has 13 heteroatoms. The third-order valence-electron chi connectivity index (χ3n) is 7.48.